The van der Waals surface area contributed by atoms with Crippen LogP contribution in [0.3, 0.4) is 0 Å². The zero-order chi connectivity index (χ0) is 65.5. The first-order valence-electron chi connectivity index (χ1n) is 34.6. The van der Waals surface area contributed by atoms with Gasteiger partial charge in [-0.1, -0.05) is 158 Å². The molecule has 5 heterocycles. The Labute approximate surface area is 558 Å². The zero-order valence-corrected chi connectivity index (χ0v) is 55.0. The van der Waals surface area contributed by atoms with Crippen molar-refractivity contribution in [1.29, 1.82) is 0 Å². The van der Waals surface area contributed by atoms with Gasteiger partial charge < -0.3 is 46.7 Å². The van der Waals surface area contributed by atoms with Crippen LogP contribution in [0.4, 0.5) is 0 Å². The van der Waals surface area contributed by atoms with Crippen LogP contribution in [0.15, 0.2) is 180 Å². The summed E-state index contributed by atoms with van der Waals surface area (Å²) in [6.45, 7) is 2.83. The van der Waals surface area contributed by atoms with Gasteiger partial charge in [0.05, 0.1) is 23.1 Å². The van der Waals surface area contributed by atoms with Gasteiger partial charge in [-0.3, -0.25) is 4.55 Å². The summed E-state index contributed by atoms with van der Waals surface area (Å²) in [5.41, 5.74) is 22.0. The third-order valence-electron chi connectivity index (χ3n) is 23.9. The Hall–Kier alpha value is -7.58. The molecule has 1 saturated heterocycles. The van der Waals surface area contributed by atoms with Gasteiger partial charge in [-0.2, -0.15) is 8.42 Å². The summed E-state index contributed by atoms with van der Waals surface area (Å²) in [4.78, 5) is 5.43. The van der Waals surface area contributed by atoms with Crippen LogP contribution in [0.5, 0.6) is 11.5 Å². The number of hydrogen-bond acceptors (Lipinski definition) is 10. The van der Waals surface area contributed by atoms with E-state index in [0.717, 1.165) is 93.1 Å². The number of aryl methyl sites for hydroxylation is 1. The number of fused-ring (bicyclic) bond motifs is 9. The number of nitrogens with zero attached hydrogens (tertiary/aromatic N) is 1. The van der Waals surface area contributed by atoms with Gasteiger partial charge in [0, 0.05) is 66.4 Å². The third kappa shape index (κ3) is 11.7. The maximum Gasteiger partial charge on any atom is 0.268 e. The normalized spacial score (nSPS) is 32.3. The van der Waals surface area contributed by atoms with Gasteiger partial charge in [-0.25, -0.2) is 4.99 Å². The quantitative estimate of drug-likeness (QED) is 0.0188. The Morgan fingerprint density at radius 3 is 2.37 bits per heavy atom. The van der Waals surface area contributed by atoms with Gasteiger partial charge in [-0.05, 0) is 210 Å². The fourth-order valence-electron chi connectivity index (χ4n) is 19.7. The molecule has 10 N–H and O–H groups in total. The van der Waals surface area contributed by atoms with Crippen LogP contribution in [0.2, 0.25) is 0 Å². The molecule has 95 heavy (non-hydrogen) atoms. The molecule has 7 aromatic rings. The molecule has 0 aromatic heterocycles. The fraction of sp³-hybridized carbons (Fsp3) is 0.420. The van der Waals surface area contributed by atoms with Crippen molar-refractivity contribution in [1.82, 2.24) is 5.32 Å². The summed E-state index contributed by atoms with van der Waals surface area (Å²) in [6, 6.07) is 51.3. The highest BCUT2D eigenvalue weighted by atomic mass is 32.2. The highest BCUT2D eigenvalue weighted by molar-refractivity contribution is 7.86. The number of aliphatic hydroxyl groups excluding tert-OH is 2. The largest absolute Gasteiger partial charge is 0.508 e. The Balaban J connectivity index is 0.859. The van der Waals surface area contributed by atoms with Crippen LogP contribution >= 0.6 is 0 Å². The second-order valence-electron chi connectivity index (χ2n) is 29.3. The average molecular weight is 1290 g/mol. The van der Waals surface area contributed by atoms with Crippen molar-refractivity contribution in [2.45, 2.75) is 143 Å². The lowest BCUT2D eigenvalue weighted by Gasteiger charge is -2.63. The van der Waals surface area contributed by atoms with Gasteiger partial charge in [-0.15, -0.1) is 0 Å². The number of guanidine groups is 1. The molecule has 18 atom stereocenters. The molecule has 10 aliphatic rings. The van der Waals surface area contributed by atoms with Crippen LogP contribution in [-0.4, -0.2) is 70.0 Å². The van der Waals surface area contributed by atoms with Gasteiger partial charge in [0.1, 0.15) is 17.6 Å². The number of hydrogen-bond donors (Lipinski definition) is 8. The van der Waals surface area contributed by atoms with E-state index in [9.17, 15) is 33.4 Å². The van der Waals surface area contributed by atoms with Crippen molar-refractivity contribution >= 4 is 26.9 Å². The maximum atomic E-state index is 14.7. The molecule has 2 saturated carbocycles. The van der Waals surface area contributed by atoms with E-state index in [4.69, 9.17) is 25.9 Å². The minimum absolute atomic E-state index is 0.0550. The highest BCUT2D eigenvalue weighted by Gasteiger charge is 2.66. The number of aliphatic imine (C=N–C) groups is 1. The summed E-state index contributed by atoms with van der Waals surface area (Å²) in [5.74, 6) is 3.86. The molecule has 0 radical (unpaired) electrons. The van der Waals surface area contributed by atoms with Crippen molar-refractivity contribution in [3.05, 3.63) is 237 Å². The molecule has 14 heteroatoms. The molecular formula is C81H88N4O9S. The smallest absolute Gasteiger partial charge is 0.268 e. The number of ether oxygens (including phenoxy) is 2. The van der Waals surface area contributed by atoms with E-state index in [1.54, 1.807) is 12.1 Å². The topological polar surface area (TPSA) is 230 Å². The van der Waals surface area contributed by atoms with Gasteiger partial charge in [0.15, 0.2) is 5.96 Å². The molecule has 7 aromatic carbocycles. The number of nitrogens with two attached hydrogens (primary N) is 2. The number of aromatic hydroxyl groups is 1. The molecule has 14 bridgehead atoms. The van der Waals surface area contributed by atoms with Crippen molar-refractivity contribution in [2.75, 3.05) is 13.7 Å². The second-order valence-corrected chi connectivity index (χ2v) is 30.9. The minimum atomic E-state index is -4.74. The Kier molecular flexibility index (Phi) is 17.0. The van der Waals surface area contributed by atoms with Crippen molar-refractivity contribution < 1.29 is 42.9 Å². The number of nitrogens with one attached hydrogen (secondary N) is 1. The number of benzene rings is 7. The number of allylic oxidation sites excluding steroid dienone is 2. The van der Waals surface area contributed by atoms with Gasteiger partial charge in [0.2, 0.25) is 5.72 Å². The van der Waals surface area contributed by atoms with E-state index >= 15 is 0 Å². The summed E-state index contributed by atoms with van der Waals surface area (Å²) >= 11 is 0. The summed E-state index contributed by atoms with van der Waals surface area (Å²) in [7, 11) is -2.79. The maximum absolute atomic E-state index is 14.7. The number of phenols is 1. The molecule has 492 valence electrons. The van der Waals surface area contributed by atoms with Crippen molar-refractivity contribution in [2.24, 2.45) is 69.7 Å². The van der Waals surface area contributed by atoms with Crippen molar-refractivity contribution in [3.63, 3.8) is 0 Å². The lowest BCUT2D eigenvalue weighted by Crippen LogP contribution is -2.67. The first kappa shape index (κ1) is 63.5. The van der Waals surface area contributed by atoms with E-state index in [-0.39, 0.29) is 78.2 Å². The van der Waals surface area contributed by atoms with Crippen LogP contribution in [0.1, 0.15) is 156 Å². The molecule has 0 unspecified atom stereocenters. The molecule has 17 rings (SSSR count). The highest BCUT2D eigenvalue weighted by Crippen LogP contribution is 2.65. The lowest BCUT2D eigenvalue weighted by atomic mass is 9.44. The second kappa shape index (κ2) is 25.4. The van der Waals surface area contributed by atoms with E-state index in [0.29, 0.717) is 61.8 Å². The van der Waals surface area contributed by atoms with E-state index in [1.807, 2.05) is 25.2 Å². The number of rotatable bonds is 12. The summed E-state index contributed by atoms with van der Waals surface area (Å²) in [5, 5.41) is 52.7. The van der Waals surface area contributed by atoms with Crippen LogP contribution in [-0.2, 0) is 46.4 Å². The van der Waals surface area contributed by atoms with E-state index < -0.39 is 62.6 Å². The van der Waals surface area contributed by atoms with Gasteiger partial charge >= 0.3 is 0 Å². The summed E-state index contributed by atoms with van der Waals surface area (Å²) in [6.07, 6.45) is 12.0. The standard InChI is InChI=1S/C81H88N4O9S/c1-47-15-16-56-39-63-27-29-66(56)69(47)44-76(95(90,91)92)70-41-60-37-59(40-64-35-49(46-86)11-8-13-55-38-62(87)26-28-68(55)78(60)93-64)77(70)53-21-24-61(25-22-53)81(94-63,85-79(82)83)74-42-57-23-31-72-67(30-32-71(57)80(72,89)73(74)36-48-9-4-3-5-10-48)51-17-19-52(20-18-51)75(88)43-58-34-50(45-84-2)33-54-12-6-7-14-65(54)58/h3-7,9-10,12,14,17-29,31,33-34,38-39,41,47,49,57,59,64,67,69-78,84,86-89H,11,15-16,30,32,35-37,40,42-46H2,1-2H3,(H4,82,83,85)(H,90,91,92)/t47-,49+,57-,59-,64-,67+,69+,70-,71-,72-,73-,74+,75+,76-,77+,78-,80-,81-/m1/s1. The third-order valence-corrected chi connectivity index (χ3v) is 25.2. The van der Waals surface area contributed by atoms with E-state index in [1.165, 1.54) is 5.56 Å². The van der Waals surface area contributed by atoms with Crippen molar-refractivity contribution in [3.8, 4) is 23.3 Å². The Bertz CT molecular complexity index is 4310. The molecule has 5 aliphatic heterocycles. The Morgan fingerprint density at radius 1 is 0.811 bits per heavy atom. The minimum Gasteiger partial charge on any atom is -0.508 e. The first-order valence-corrected chi connectivity index (χ1v) is 36.1. The molecule has 13 nitrogen and oxygen atoms in total. The number of phenolic OH excluding ortho intramolecular Hbond substituents is 1. The zero-order valence-electron chi connectivity index (χ0n) is 54.2. The molecule has 0 spiro atoms. The first-order chi connectivity index (χ1) is 46.0. The molecular weight excluding hydrogens is 1200 g/mol. The average Bonchev–Trinajstić information content (AvgIpc) is 0.798. The Morgan fingerprint density at radius 2 is 1.59 bits per heavy atom. The SMILES string of the molecule is CNCc1cc(C[C@H](O)c2ccc([C@@H]3CC[C@@H]4[C@@H]5C=C[C@H]3[C@@]4(O)[C@H](Cc3ccccc3)[C@@H]([C@]3(N=C(N)N)Oc4ccc6c(c4)CC[C@@H](C)[C@@H]6C[C@@H](S(=O)(=O)O)[C@H]4C=C6C[C@H](C[C@H]7C[C@@H](CO)CC#Cc8cc(O)ccc8[C@@H]6O7)[C@@H]4c4ccc3cc4)C5)cc2)c2ccccc2c1. The molecule has 3 fully saturated rings. The summed E-state index contributed by atoms with van der Waals surface area (Å²) < 4.78 is 56.3. The van der Waals surface area contributed by atoms with Crippen LogP contribution in [0.25, 0.3) is 10.8 Å². The monoisotopic (exact) mass is 1290 g/mol. The molecule has 5 aliphatic carbocycles. The van der Waals surface area contributed by atoms with Crippen LogP contribution < -0.4 is 21.5 Å². The fourth-order valence-corrected chi connectivity index (χ4v) is 20.7. The molecule has 0 amide bonds. The predicted octanol–water partition coefficient (Wildman–Crippen LogP) is 12.9. The van der Waals surface area contributed by atoms with Gasteiger partial charge in [0.25, 0.3) is 10.1 Å². The number of aliphatic hydroxyl groups is 3. The predicted molar refractivity (Wildman–Crippen MR) is 371 cm³/mol. The van der Waals surface area contributed by atoms with E-state index in [2.05, 4.69) is 164 Å². The van der Waals surface area contributed by atoms with Crippen LogP contribution in [0, 0.1) is 65.1 Å². The lowest BCUT2D eigenvalue weighted by molar-refractivity contribution is -0.213.